The van der Waals surface area contributed by atoms with Gasteiger partial charge in [0.1, 0.15) is 0 Å². The number of benzene rings is 1. The van der Waals surface area contributed by atoms with E-state index in [0.29, 0.717) is 5.13 Å². The van der Waals surface area contributed by atoms with Crippen molar-refractivity contribution in [3.8, 4) is 0 Å². The van der Waals surface area contributed by atoms with Crippen molar-refractivity contribution in [2.75, 3.05) is 11.0 Å². The zero-order valence-electron chi connectivity index (χ0n) is 16.2. The van der Waals surface area contributed by atoms with Gasteiger partial charge >= 0.3 is 0 Å². The van der Waals surface area contributed by atoms with Gasteiger partial charge in [-0.3, -0.25) is 4.72 Å². The Bertz CT molecular complexity index is 1120. The van der Waals surface area contributed by atoms with Crippen LogP contribution in [0.4, 0.5) is 5.13 Å². The summed E-state index contributed by atoms with van der Waals surface area (Å²) in [5, 5.41) is 2.40. The molecule has 6 rings (SSSR count). The van der Waals surface area contributed by atoms with Crippen molar-refractivity contribution in [3.05, 3.63) is 35.3 Å². The average Bonchev–Trinajstić information content (AvgIpc) is 3.09. The molecule has 4 saturated carbocycles. The van der Waals surface area contributed by atoms with E-state index in [1.54, 1.807) is 0 Å². The van der Waals surface area contributed by atoms with Gasteiger partial charge in [-0.1, -0.05) is 0 Å². The van der Waals surface area contributed by atoms with Crippen molar-refractivity contribution in [3.63, 3.8) is 0 Å². The molecule has 4 bridgehead atoms. The smallest absolute Gasteiger partial charge is 0.255 e. The zero-order chi connectivity index (χ0) is 20.4. The van der Waals surface area contributed by atoms with Gasteiger partial charge in [-0.2, -0.15) is 0 Å². The lowest BCUT2D eigenvalue weighted by atomic mass is 9.49. The van der Waals surface area contributed by atoms with E-state index >= 15 is 0 Å². The molecule has 2 aromatic rings. The summed E-state index contributed by atoms with van der Waals surface area (Å²) in [7, 11) is -7.18. The summed E-state index contributed by atoms with van der Waals surface area (Å²) >= 11 is 1.33. The monoisotopic (exact) mass is 452 g/mol. The molecule has 0 unspecified atom stereocenters. The Balaban J connectivity index is 1.37. The molecular weight excluding hydrogens is 428 g/mol. The summed E-state index contributed by atoms with van der Waals surface area (Å²) in [6.07, 6.45) is 8.70. The molecule has 1 aromatic heterocycles. The minimum atomic E-state index is -3.82. The lowest BCUT2D eigenvalue weighted by Gasteiger charge is -2.56. The van der Waals surface area contributed by atoms with Crippen LogP contribution in [0.2, 0.25) is 0 Å². The number of sulfone groups is 1. The quantitative estimate of drug-likeness (QED) is 0.744. The van der Waals surface area contributed by atoms with Crippen molar-refractivity contribution in [1.29, 1.82) is 0 Å². The van der Waals surface area contributed by atoms with E-state index < -0.39 is 19.9 Å². The third-order valence-corrected chi connectivity index (χ3v) is 10.2. The lowest BCUT2D eigenvalue weighted by Crippen LogP contribution is -2.48. The summed E-state index contributed by atoms with van der Waals surface area (Å²) in [5.41, 5.74) is 1.18. The lowest BCUT2D eigenvalue weighted by molar-refractivity contribution is -0.00688. The molecule has 0 atom stereocenters. The molecule has 29 heavy (non-hydrogen) atoms. The average molecular weight is 453 g/mol. The third kappa shape index (κ3) is 3.51. The molecular formula is C20H24N2O4S3. The first-order valence-corrected chi connectivity index (χ1v) is 14.2. The van der Waals surface area contributed by atoms with E-state index in [1.165, 1.54) is 74.1 Å². The fourth-order valence-electron chi connectivity index (χ4n) is 6.03. The van der Waals surface area contributed by atoms with Gasteiger partial charge in [0.15, 0.2) is 15.0 Å². The van der Waals surface area contributed by atoms with Crippen LogP contribution in [-0.4, -0.2) is 28.1 Å². The number of sulfonamides is 1. The number of hydrogen-bond donors (Lipinski definition) is 1. The Hall–Kier alpha value is -1.45. The summed E-state index contributed by atoms with van der Waals surface area (Å²) in [4.78, 5) is 4.82. The first kappa shape index (κ1) is 19.5. The van der Waals surface area contributed by atoms with Crippen LogP contribution in [-0.2, 0) is 25.3 Å². The van der Waals surface area contributed by atoms with Crippen LogP contribution in [0.25, 0.3) is 0 Å². The van der Waals surface area contributed by atoms with Crippen LogP contribution < -0.4 is 4.72 Å². The highest BCUT2D eigenvalue weighted by molar-refractivity contribution is 7.93. The van der Waals surface area contributed by atoms with Gasteiger partial charge in [0, 0.05) is 17.1 Å². The van der Waals surface area contributed by atoms with Crippen LogP contribution in [0, 0.1) is 17.8 Å². The summed E-state index contributed by atoms with van der Waals surface area (Å²) in [5.74, 6) is 2.41. The van der Waals surface area contributed by atoms with Gasteiger partial charge in [-0.05, 0) is 80.5 Å². The second-order valence-electron chi connectivity index (χ2n) is 9.08. The molecule has 0 spiro atoms. The Morgan fingerprint density at radius 3 is 1.97 bits per heavy atom. The van der Waals surface area contributed by atoms with Crippen molar-refractivity contribution < 1.29 is 16.8 Å². The Morgan fingerprint density at radius 2 is 1.45 bits per heavy atom. The van der Waals surface area contributed by atoms with Gasteiger partial charge in [-0.25, -0.2) is 21.8 Å². The van der Waals surface area contributed by atoms with E-state index in [1.807, 2.05) is 5.38 Å². The molecule has 4 aliphatic carbocycles. The number of rotatable bonds is 5. The molecule has 9 heteroatoms. The maximum absolute atomic E-state index is 12.7. The second-order valence-corrected chi connectivity index (χ2v) is 13.6. The highest BCUT2D eigenvalue weighted by Crippen LogP contribution is 2.60. The number of nitrogens with one attached hydrogen (secondary N) is 1. The fourth-order valence-corrected chi connectivity index (χ4v) is 8.75. The number of nitrogens with zero attached hydrogens (tertiary/aromatic N) is 1. The number of hydrogen-bond acceptors (Lipinski definition) is 6. The van der Waals surface area contributed by atoms with E-state index in [2.05, 4.69) is 4.72 Å². The van der Waals surface area contributed by atoms with Crippen LogP contribution in [0.15, 0.2) is 39.4 Å². The molecule has 156 valence electrons. The number of anilines is 1. The summed E-state index contributed by atoms with van der Waals surface area (Å²) in [6, 6.07) is 5.25. The third-order valence-electron chi connectivity index (χ3n) is 6.87. The maximum atomic E-state index is 12.7. The second kappa shape index (κ2) is 6.52. The Kier molecular flexibility index (Phi) is 4.39. The van der Waals surface area contributed by atoms with Gasteiger partial charge < -0.3 is 0 Å². The van der Waals surface area contributed by atoms with Crippen molar-refractivity contribution in [1.82, 2.24) is 4.98 Å². The van der Waals surface area contributed by atoms with E-state index in [4.69, 9.17) is 4.98 Å². The molecule has 4 aliphatic rings. The van der Waals surface area contributed by atoms with Crippen molar-refractivity contribution in [2.45, 2.75) is 53.7 Å². The highest BCUT2D eigenvalue weighted by atomic mass is 32.2. The summed E-state index contributed by atoms with van der Waals surface area (Å²) in [6.45, 7) is 0. The standard InChI is InChI=1S/C20H24N2O4S3/c1-28(23,24)16-2-4-17(5-3-16)29(25,26)22-19-21-18(12-27-19)20-9-13-6-14(10-20)8-15(7-13)11-20/h2-5,12-15H,6-11H2,1H3,(H,21,22). The summed E-state index contributed by atoms with van der Waals surface area (Å²) < 4.78 is 51.2. The Labute approximate surface area is 175 Å². The fraction of sp³-hybridized carbons (Fsp3) is 0.550. The van der Waals surface area contributed by atoms with E-state index in [0.717, 1.165) is 29.7 Å². The molecule has 4 fully saturated rings. The normalized spacial score (nSPS) is 31.1. The Morgan fingerprint density at radius 1 is 0.931 bits per heavy atom. The van der Waals surface area contributed by atoms with Crippen LogP contribution in [0.1, 0.15) is 44.2 Å². The molecule has 0 saturated heterocycles. The molecule has 0 amide bonds. The predicted octanol–water partition coefficient (Wildman–Crippen LogP) is 3.82. The van der Waals surface area contributed by atoms with Crippen molar-refractivity contribution >= 4 is 36.3 Å². The molecule has 1 heterocycles. The molecule has 0 aliphatic heterocycles. The predicted molar refractivity (Wildman–Crippen MR) is 112 cm³/mol. The van der Waals surface area contributed by atoms with Gasteiger partial charge in [0.05, 0.1) is 15.5 Å². The highest BCUT2D eigenvalue weighted by Gasteiger charge is 2.52. The van der Waals surface area contributed by atoms with Crippen LogP contribution in [0.3, 0.4) is 0 Å². The number of thiazole rings is 1. The van der Waals surface area contributed by atoms with Crippen LogP contribution >= 0.6 is 11.3 Å². The first-order valence-electron chi connectivity index (χ1n) is 9.92. The largest absolute Gasteiger partial charge is 0.263 e. The topological polar surface area (TPSA) is 93.2 Å². The maximum Gasteiger partial charge on any atom is 0.263 e. The minimum Gasteiger partial charge on any atom is -0.255 e. The molecule has 1 N–H and O–H groups in total. The zero-order valence-corrected chi connectivity index (χ0v) is 18.6. The van der Waals surface area contributed by atoms with Crippen LogP contribution in [0.5, 0.6) is 0 Å². The van der Waals surface area contributed by atoms with Gasteiger partial charge in [0.25, 0.3) is 10.0 Å². The molecule has 1 aromatic carbocycles. The van der Waals surface area contributed by atoms with Gasteiger partial charge in [0.2, 0.25) is 0 Å². The SMILES string of the molecule is CS(=O)(=O)c1ccc(S(=O)(=O)Nc2nc(C34CC5CC(CC(C5)C3)C4)cs2)cc1. The minimum absolute atomic E-state index is 0.0245. The first-order chi connectivity index (χ1) is 13.6. The van der Waals surface area contributed by atoms with Gasteiger partial charge in [-0.15, -0.1) is 11.3 Å². The van der Waals surface area contributed by atoms with Crippen molar-refractivity contribution in [2.24, 2.45) is 17.8 Å². The molecule has 6 nitrogen and oxygen atoms in total. The number of aromatic nitrogens is 1. The van der Waals surface area contributed by atoms with E-state index in [-0.39, 0.29) is 15.2 Å². The molecule has 0 radical (unpaired) electrons. The van der Waals surface area contributed by atoms with E-state index in [9.17, 15) is 16.8 Å².